The number of hydrogen-bond donors (Lipinski definition) is 1. The number of benzene rings is 1. The SMILES string of the molecule is C[C@@H](Oc1nc(C2=CCN(C(=O)[C@H]3CCCN3)CC2)nc2cn(C)nc12)c1ccc(Cl)cc1Cl. The van der Waals surface area contributed by atoms with E-state index in [0.717, 1.165) is 30.5 Å². The molecule has 2 aliphatic rings. The van der Waals surface area contributed by atoms with Crippen LogP contribution >= 0.6 is 23.2 Å². The number of amides is 1. The largest absolute Gasteiger partial charge is 0.468 e. The highest BCUT2D eigenvalue weighted by atomic mass is 35.5. The molecule has 2 atom stereocenters. The summed E-state index contributed by atoms with van der Waals surface area (Å²) in [5, 5.41) is 8.88. The van der Waals surface area contributed by atoms with E-state index in [2.05, 4.69) is 10.4 Å². The van der Waals surface area contributed by atoms with Gasteiger partial charge < -0.3 is 15.0 Å². The van der Waals surface area contributed by atoms with Crippen molar-refractivity contribution in [2.75, 3.05) is 19.6 Å². The predicted octanol–water partition coefficient (Wildman–Crippen LogP) is 4.18. The van der Waals surface area contributed by atoms with Crippen molar-refractivity contribution in [3.63, 3.8) is 0 Å². The van der Waals surface area contributed by atoms with Crippen LogP contribution in [0.5, 0.6) is 5.88 Å². The van der Waals surface area contributed by atoms with E-state index >= 15 is 0 Å². The fourth-order valence-corrected chi connectivity index (χ4v) is 5.04. The molecular weight excluding hydrogens is 475 g/mol. The van der Waals surface area contributed by atoms with E-state index < -0.39 is 0 Å². The molecule has 1 fully saturated rings. The summed E-state index contributed by atoms with van der Waals surface area (Å²) in [7, 11) is 1.84. The zero-order valence-electron chi connectivity index (χ0n) is 19.1. The number of nitrogens with zero attached hydrogens (tertiary/aromatic N) is 5. The van der Waals surface area contributed by atoms with Gasteiger partial charge in [-0.1, -0.05) is 35.3 Å². The van der Waals surface area contributed by atoms with Crippen LogP contribution in [-0.2, 0) is 11.8 Å². The first-order valence-electron chi connectivity index (χ1n) is 11.4. The van der Waals surface area contributed by atoms with E-state index in [-0.39, 0.29) is 18.1 Å². The third-order valence-corrected chi connectivity index (χ3v) is 6.86. The van der Waals surface area contributed by atoms with E-state index in [1.807, 2.05) is 37.2 Å². The van der Waals surface area contributed by atoms with Gasteiger partial charge in [-0.3, -0.25) is 9.48 Å². The third kappa shape index (κ3) is 4.62. The van der Waals surface area contributed by atoms with Crippen molar-refractivity contribution < 1.29 is 9.53 Å². The van der Waals surface area contributed by atoms with Crippen molar-refractivity contribution >= 4 is 45.7 Å². The molecule has 0 unspecified atom stereocenters. The molecule has 1 amide bonds. The molecule has 5 rings (SSSR count). The van der Waals surface area contributed by atoms with Gasteiger partial charge in [0.1, 0.15) is 11.6 Å². The Morgan fingerprint density at radius 2 is 2.15 bits per heavy atom. The van der Waals surface area contributed by atoms with Gasteiger partial charge in [-0.2, -0.15) is 10.1 Å². The average Bonchev–Trinajstić information content (AvgIpc) is 3.48. The number of halogens is 2. The minimum Gasteiger partial charge on any atom is -0.468 e. The third-order valence-electron chi connectivity index (χ3n) is 6.30. The zero-order valence-corrected chi connectivity index (χ0v) is 20.6. The van der Waals surface area contributed by atoms with Crippen LogP contribution < -0.4 is 10.1 Å². The van der Waals surface area contributed by atoms with E-state index in [0.29, 0.717) is 52.3 Å². The molecule has 1 saturated heterocycles. The lowest BCUT2D eigenvalue weighted by atomic mass is 10.1. The van der Waals surface area contributed by atoms with Gasteiger partial charge in [-0.25, -0.2) is 4.98 Å². The van der Waals surface area contributed by atoms with E-state index in [9.17, 15) is 4.79 Å². The standard InChI is InChI=1S/C24H26Cl2N6O2/c1-14(17-6-5-16(25)12-18(17)26)34-23-21-20(13-31(2)30-21)28-22(29-23)15-7-10-32(11-8-15)24(33)19-4-3-9-27-19/h5-7,12-14,19,27H,3-4,8-11H2,1-2H3/t14-,19-/m1/s1. The smallest absolute Gasteiger partial charge is 0.246 e. The van der Waals surface area contributed by atoms with E-state index in [1.165, 1.54) is 0 Å². The number of hydrogen-bond acceptors (Lipinski definition) is 6. The Morgan fingerprint density at radius 1 is 1.29 bits per heavy atom. The molecule has 10 heteroatoms. The summed E-state index contributed by atoms with van der Waals surface area (Å²) in [5.74, 6) is 1.17. The first-order valence-corrected chi connectivity index (χ1v) is 12.2. The fraction of sp³-hybridized carbons (Fsp3) is 0.417. The van der Waals surface area contributed by atoms with Crippen LogP contribution in [0.1, 0.15) is 43.7 Å². The number of carbonyl (C=O) groups is 1. The number of aromatic nitrogens is 4. The Morgan fingerprint density at radius 3 is 2.85 bits per heavy atom. The molecule has 8 nitrogen and oxygen atoms in total. The quantitative estimate of drug-likeness (QED) is 0.565. The summed E-state index contributed by atoms with van der Waals surface area (Å²) in [6.07, 6.45) is 6.15. The first-order chi connectivity index (χ1) is 16.4. The van der Waals surface area contributed by atoms with Crippen LogP contribution in [0.2, 0.25) is 10.0 Å². The maximum absolute atomic E-state index is 12.7. The molecule has 0 radical (unpaired) electrons. The van der Waals surface area contributed by atoms with Crippen molar-refractivity contribution in [2.45, 2.75) is 38.3 Å². The van der Waals surface area contributed by atoms with Crippen molar-refractivity contribution in [1.29, 1.82) is 0 Å². The van der Waals surface area contributed by atoms with E-state index in [4.69, 9.17) is 37.9 Å². The van der Waals surface area contributed by atoms with Gasteiger partial charge in [0.05, 0.1) is 12.2 Å². The minimum absolute atomic E-state index is 0.0564. The molecule has 0 bridgehead atoms. The predicted molar refractivity (Wildman–Crippen MR) is 132 cm³/mol. The van der Waals surface area contributed by atoms with Crippen molar-refractivity contribution in [2.24, 2.45) is 7.05 Å². The van der Waals surface area contributed by atoms with Gasteiger partial charge in [0.25, 0.3) is 0 Å². The first kappa shape index (κ1) is 23.1. The van der Waals surface area contributed by atoms with Crippen LogP contribution in [0.25, 0.3) is 16.6 Å². The monoisotopic (exact) mass is 500 g/mol. The molecule has 4 heterocycles. The lowest BCUT2D eigenvalue weighted by molar-refractivity contribution is -0.132. The Kier molecular flexibility index (Phi) is 6.46. The normalized spacial score (nSPS) is 19.4. The second-order valence-corrected chi connectivity index (χ2v) is 9.57. The number of rotatable bonds is 5. The Hall–Kier alpha value is -2.68. The summed E-state index contributed by atoms with van der Waals surface area (Å²) < 4.78 is 7.95. The maximum Gasteiger partial charge on any atom is 0.246 e. The average molecular weight is 501 g/mol. The van der Waals surface area contributed by atoms with Gasteiger partial charge >= 0.3 is 0 Å². The second kappa shape index (κ2) is 9.52. The van der Waals surface area contributed by atoms with Crippen molar-refractivity contribution in [3.8, 4) is 5.88 Å². The molecule has 34 heavy (non-hydrogen) atoms. The summed E-state index contributed by atoms with van der Waals surface area (Å²) in [6.45, 7) is 4.01. The number of carbonyl (C=O) groups excluding carboxylic acids is 1. The highest BCUT2D eigenvalue weighted by Crippen LogP contribution is 2.32. The van der Waals surface area contributed by atoms with Gasteiger partial charge in [-0.05, 0) is 50.4 Å². The Labute approximate surface area is 207 Å². The van der Waals surface area contributed by atoms with Gasteiger partial charge in [0.2, 0.25) is 11.8 Å². The molecule has 0 saturated carbocycles. The highest BCUT2D eigenvalue weighted by Gasteiger charge is 2.28. The molecule has 178 valence electrons. The van der Waals surface area contributed by atoms with Crippen LogP contribution in [0.15, 0.2) is 30.5 Å². The summed E-state index contributed by atoms with van der Waals surface area (Å²) >= 11 is 12.4. The molecular formula is C24H26Cl2N6O2. The van der Waals surface area contributed by atoms with Crippen LogP contribution in [0.4, 0.5) is 0 Å². The molecule has 0 aliphatic carbocycles. The lowest BCUT2D eigenvalue weighted by Crippen LogP contribution is -2.45. The number of ether oxygens (including phenoxy) is 1. The minimum atomic E-state index is -0.370. The molecule has 0 spiro atoms. The van der Waals surface area contributed by atoms with E-state index in [1.54, 1.807) is 16.8 Å². The van der Waals surface area contributed by atoms with Gasteiger partial charge in [-0.15, -0.1) is 0 Å². The molecule has 2 aromatic heterocycles. The number of aryl methyl sites for hydroxylation is 1. The number of fused-ring (bicyclic) bond motifs is 1. The summed E-state index contributed by atoms with van der Waals surface area (Å²) in [6, 6.07) is 5.27. The summed E-state index contributed by atoms with van der Waals surface area (Å²) in [4.78, 5) is 24.1. The van der Waals surface area contributed by atoms with Crippen LogP contribution in [-0.4, -0.2) is 56.2 Å². The molecule has 1 N–H and O–H groups in total. The Balaban J connectivity index is 1.41. The van der Waals surface area contributed by atoms with Crippen molar-refractivity contribution in [3.05, 3.63) is 51.9 Å². The highest BCUT2D eigenvalue weighted by molar-refractivity contribution is 6.35. The summed E-state index contributed by atoms with van der Waals surface area (Å²) in [5.41, 5.74) is 3.09. The lowest BCUT2D eigenvalue weighted by Gasteiger charge is -2.28. The topological polar surface area (TPSA) is 85.2 Å². The Bertz CT molecular complexity index is 1270. The second-order valence-electron chi connectivity index (χ2n) is 8.73. The molecule has 1 aromatic carbocycles. The van der Waals surface area contributed by atoms with Gasteiger partial charge in [0, 0.05) is 35.7 Å². The molecule has 3 aromatic rings. The van der Waals surface area contributed by atoms with Crippen LogP contribution in [0, 0.1) is 0 Å². The van der Waals surface area contributed by atoms with Gasteiger partial charge in [0.15, 0.2) is 11.3 Å². The molecule has 2 aliphatic heterocycles. The van der Waals surface area contributed by atoms with Crippen LogP contribution in [0.3, 0.4) is 0 Å². The van der Waals surface area contributed by atoms with Crippen molar-refractivity contribution in [1.82, 2.24) is 30.0 Å². The zero-order chi connectivity index (χ0) is 23.8. The fourth-order valence-electron chi connectivity index (χ4n) is 4.47. The number of nitrogens with one attached hydrogen (secondary N) is 1. The maximum atomic E-state index is 12.7.